The van der Waals surface area contributed by atoms with Crippen molar-refractivity contribution in [3.05, 3.63) is 32.7 Å². The van der Waals surface area contributed by atoms with Gasteiger partial charge in [-0.25, -0.2) is 0 Å². The summed E-state index contributed by atoms with van der Waals surface area (Å²) in [6.07, 6.45) is -0.209. The zero-order chi connectivity index (χ0) is 13.3. The molecule has 0 radical (unpaired) electrons. The number of aromatic nitrogens is 2. The molecule has 0 bridgehead atoms. The molecule has 0 saturated carbocycles. The lowest BCUT2D eigenvalue weighted by Gasteiger charge is -2.11. The molecule has 6 heteroatoms. The number of rotatable bonds is 4. The highest BCUT2D eigenvalue weighted by atomic mass is 35.5. The van der Waals surface area contributed by atoms with E-state index in [2.05, 4.69) is 5.10 Å². The standard InChI is InChI=1S/C12H15ClN2O2S/c1-7-11(13)8(15(2)14-7)6-9(16)12-10(17-3)4-5-18-12/h4-5,9,16H,6H2,1-3H3. The third-order valence-corrected chi connectivity index (χ3v) is 4.32. The van der Waals surface area contributed by atoms with Gasteiger partial charge in [-0.1, -0.05) is 11.6 Å². The number of ether oxygens (including phenoxy) is 1. The SMILES string of the molecule is COc1ccsc1C(O)Cc1c(Cl)c(C)nn1C. The van der Waals surface area contributed by atoms with Crippen molar-refractivity contribution < 1.29 is 9.84 Å². The quantitative estimate of drug-likeness (QED) is 0.940. The third-order valence-electron chi connectivity index (χ3n) is 2.83. The molecular formula is C12H15ClN2O2S. The van der Waals surface area contributed by atoms with Crippen LogP contribution in [0.2, 0.25) is 5.02 Å². The maximum absolute atomic E-state index is 10.3. The van der Waals surface area contributed by atoms with Crippen LogP contribution in [0, 0.1) is 6.92 Å². The van der Waals surface area contributed by atoms with Crippen LogP contribution >= 0.6 is 22.9 Å². The number of aliphatic hydroxyl groups excluding tert-OH is 1. The summed E-state index contributed by atoms with van der Waals surface area (Å²) in [5, 5.41) is 17.0. The first-order valence-corrected chi connectivity index (χ1v) is 6.77. The number of aryl methyl sites for hydroxylation is 2. The minimum atomic E-state index is -0.632. The van der Waals surface area contributed by atoms with Crippen LogP contribution in [-0.4, -0.2) is 22.0 Å². The number of hydrogen-bond donors (Lipinski definition) is 1. The average Bonchev–Trinajstić information content (AvgIpc) is 2.90. The zero-order valence-corrected chi connectivity index (χ0v) is 12.0. The molecule has 0 aromatic carbocycles. The molecule has 2 aromatic rings. The van der Waals surface area contributed by atoms with Gasteiger partial charge < -0.3 is 9.84 Å². The third kappa shape index (κ3) is 2.39. The lowest BCUT2D eigenvalue weighted by atomic mass is 10.1. The van der Waals surface area contributed by atoms with Crippen LogP contribution in [0.15, 0.2) is 11.4 Å². The Morgan fingerprint density at radius 1 is 1.61 bits per heavy atom. The summed E-state index contributed by atoms with van der Waals surface area (Å²) < 4.78 is 6.91. The van der Waals surface area contributed by atoms with Crippen molar-refractivity contribution in [2.75, 3.05) is 7.11 Å². The van der Waals surface area contributed by atoms with E-state index >= 15 is 0 Å². The number of thiophene rings is 1. The molecule has 4 nitrogen and oxygen atoms in total. The molecule has 18 heavy (non-hydrogen) atoms. The van der Waals surface area contributed by atoms with Crippen molar-refractivity contribution in [3.8, 4) is 5.75 Å². The lowest BCUT2D eigenvalue weighted by molar-refractivity contribution is 0.175. The summed E-state index contributed by atoms with van der Waals surface area (Å²) >= 11 is 7.64. The smallest absolute Gasteiger partial charge is 0.135 e. The Morgan fingerprint density at radius 3 is 2.89 bits per heavy atom. The van der Waals surface area contributed by atoms with Crippen molar-refractivity contribution in [2.45, 2.75) is 19.4 Å². The van der Waals surface area contributed by atoms with Crippen molar-refractivity contribution in [1.29, 1.82) is 0 Å². The van der Waals surface area contributed by atoms with E-state index in [0.29, 0.717) is 17.2 Å². The van der Waals surface area contributed by atoms with Gasteiger partial charge in [-0.05, 0) is 18.4 Å². The number of halogens is 1. The summed E-state index contributed by atoms with van der Waals surface area (Å²) in [7, 11) is 3.42. The van der Waals surface area contributed by atoms with Gasteiger partial charge in [0, 0.05) is 13.5 Å². The highest BCUT2D eigenvalue weighted by Gasteiger charge is 2.20. The summed E-state index contributed by atoms with van der Waals surface area (Å²) in [4.78, 5) is 0.812. The number of methoxy groups -OCH3 is 1. The lowest BCUT2D eigenvalue weighted by Crippen LogP contribution is -2.06. The molecule has 2 rings (SSSR count). The molecular weight excluding hydrogens is 272 g/mol. The Labute approximate surface area is 115 Å². The molecule has 0 aliphatic rings. The predicted octanol–water partition coefficient (Wildman–Crippen LogP) is 2.73. The minimum Gasteiger partial charge on any atom is -0.495 e. The molecule has 1 N–H and O–H groups in total. The molecule has 0 fully saturated rings. The Kier molecular flexibility index (Phi) is 3.94. The molecule has 0 aliphatic carbocycles. The van der Waals surface area contributed by atoms with Crippen LogP contribution in [0.5, 0.6) is 5.75 Å². The van der Waals surface area contributed by atoms with Crippen LogP contribution in [0.4, 0.5) is 0 Å². The van der Waals surface area contributed by atoms with Crippen LogP contribution in [-0.2, 0) is 13.5 Å². The van der Waals surface area contributed by atoms with E-state index in [1.807, 2.05) is 25.4 Å². The highest BCUT2D eigenvalue weighted by molar-refractivity contribution is 7.10. The second kappa shape index (κ2) is 5.30. The zero-order valence-electron chi connectivity index (χ0n) is 10.5. The van der Waals surface area contributed by atoms with Gasteiger partial charge in [-0.3, -0.25) is 4.68 Å². The van der Waals surface area contributed by atoms with E-state index in [9.17, 15) is 5.11 Å². The first kappa shape index (κ1) is 13.4. The van der Waals surface area contributed by atoms with Crippen LogP contribution in [0.3, 0.4) is 0 Å². The van der Waals surface area contributed by atoms with Crippen LogP contribution < -0.4 is 4.74 Å². The van der Waals surface area contributed by atoms with Gasteiger partial charge in [-0.2, -0.15) is 5.10 Å². The van der Waals surface area contributed by atoms with Crippen molar-refractivity contribution in [2.24, 2.45) is 7.05 Å². The first-order valence-electron chi connectivity index (χ1n) is 5.52. The van der Waals surface area contributed by atoms with Crippen LogP contribution in [0.25, 0.3) is 0 Å². The normalized spacial score (nSPS) is 12.7. The molecule has 98 valence electrons. The molecule has 0 amide bonds. The summed E-state index contributed by atoms with van der Waals surface area (Å²) in [5.74, 6) is 0.711. The Morgan fingerprint density at radius 2 is 2.33 bits per heavy atom. The molecule has 2 heterocycles. The van der Waals surface area contributed by atoms with Gasteiger partial charge in [0.1, 0.15) is 5.75 Å². The molecule has 2 aromatic heterocycles. The van der Waals surface area contributed by atoms with E-state index in [-0.39, 0.29) is 0 Å². The second-order valence-corrected chi connectivity index (χ2v) is 5.37. The van der Waals surface area contributed by atoms with Crippen molar-refractivity contribution in [3.63, 3.8) is 0 Å². The fourth-order valence-corrected chi connectivity index (χ4v) is 2.98. The Bertz CT molecular complexity index is 550. The van der Waals surface area contributed by atoms with Gasteiger partial charge in [0.25, 0.3) is 0 Å². The largest absolute Gasteiger partial charge is 0.495 e. The second-order valence-electron chi connectivity index (χ2n) is 4.04. The molecule has 0 spiro atoms. The summed E-state index contributed by atoms with van der Waals surface area (Å²) in [5.41, 5.74) is 1.61. The topological polar surface area (TPSA) is 47.3 Å². The molecule has 0 aliphatic heterocycles. The van der Waals surface area contributed by atoms with Crippen LogP contribution in [0.1, 0.15) is 22.4 Å². The number of hydrogen-bond acceptors (Lipinski definition) is 4. The Balaban J connectivity index is 2.24. The van der Waals surface area contributed by atoms with Gasteiger partial charge in [0.2, 0.25) is 0 Å². The van der Waals surface area contributed by atoms with E-state index in [1.165, 1.54) is 11.3 Å². The molecule has 1 atom stereocenters. The average molecular weight is 287 g/mol. The van der Waals surface area contributed by atoms with Crippen molar-refractivity contribution >= 4 is 22.9 Å². The van der Waals surface area contributed by atoms with E-state index in [1.54, 1.807) is 11.8 Å². The van der Waals surface area contributed by atoms with Gasteiger partial charge in [0.15, 0.2) is 0 Å². The van der Waals surface area contributed by atoms with E-state index in [0.717, 1.165) is 16.3 Å². The van der Waals surface area contributed by atoms with Gasteiger partial charge in [-0.15, -0.1) is 11.3 Å². The number of aliphatic hydroxyl groups is 1. The molecule has 1 unspecified atom stereocenters. The highest BCUT2D eigenvalue weighted by Crippen LogP contribution is 2.34. The van der Waals surface area contributed by atoms with Gasteiger partial charge >= 0.3 is 0 Å². The summed E-state index contributed by atoms with van der Waals surface area (Å²) in [6.45, 7) is 1.85. The fourth-order valence-electron chi connectivity index (χ4n) is 1.90. The maximum Gasteiger partial charge on any atom is 0.135 e. The Hall–Kier alpha value is -1.04. The van der Waals surface area contributed by atoms with E-state index in [4.69, 9.17) is 16.3 Å². The molecule has 0 saturated heterocycles. The van der Waals surface area contributed by atoms with Crippen molar-refractivity contribution in [1.82, 2.24) is 9.78 Å². The first-order chi connectivity index (χ1) is 8.54. The fraction of sp³-hybridized carbons (Fsp3) is 0.417. The summed E-state index contributed by atoms with van der Waals surface area (Å²) in [6, 6.07) is 1.85. The monoisotopic (exact) mass is 286 g/mol. The predicted molar refractivity (Wildman–Crippen MR) is 72.5 cm³/mol. The van der Waals surface area contributed by atoms with E-state index < -0.39 is 6.10 Å². The van der Waals surface area contributed by atoms with Gasteiger partial charge in [0.05, 0.1) is 34.5 Å². The minimum absolute atomic E-state index is 0.424. The number of nitrogens with zero attached hydrogens (tertiary/aromatic N) is 2. The maximum atomic E-state index is 10.3.